The molecule has 0 aromatic heterocycles. The molecule has 0 fully saturated rings. The number of ketones is 1. The summed E-state index contributed by atoms with van der Waals surface area (Å²) < 4.78 is 29.7. The Morgan fingerprint density at radius 1 is 1.04 bits per heavy atom. The molecule has 0 aliphatic carbocycles. The first kappa shape index (κ1) is 20.6. The van der Waals surface area contributed by atoms with Crippen molar-refractivity contribution in [3.63, 3.8) is 0 Å². The van der Waals surface area contributed by atoms with Crippen LogP contribution in [0.2, 0.25) is 0 Å². The van der Waals surface area contributed by atoms with Gasteiger partial charge in [0.05, 0.1) is 5.56 Å². The van der Waals surface area contributed by atoms with Crippen molar-refractivity contribution >= 4 is 35.1 Å². The molecular weight excluding hydrogens is 376 g/mol. The molecule has 2 rings (SSSR count). The highest BCUT2D eigenvalue weighted by Crippen LogP contribution is 2.25. The number of hydrogen-bond donors (Lipinski definition) is 1. The molecule has 8 heteroatoms. The van der Waals surface area contributed by atoms with E-state index in [0.717, 1.165) is 0 Å². The monoisotopic (exact) mass is 393 g/mol. The normalized spacial score (nSPS) is 11.7. The molecule has 2 aromatic carbocycles. The molecule has 0 bridgehead atoms. The molecule has 0 aliphatic rings. The van der Waals surface area contributed by atoms with Crippen LogP contribution in [0.4, 0.5) is 14.5 Å². The molecule has 27 heavy (non-hydrogen) atoms. The van der Waals surface area contributed by atoms with E-state index in [1.807, 2.05) is 0 Å². The number of hydrogen-bond acceptors (Lipinski definition) is 5. The smallest absolute Gasteiger partial charge is 0.338 e. The second-order valence-electron chi connectivity index (χ2n) is 5.58. The van der Waals surface area contributed by atoms with Gasteiger partial charge in [0.25, 0.3) is 11.7 Å². The number of Topliss-reactive ketones (excluding diaryl/α,β-unsaturated/α-hetero) is 1. The van der Waals surface area contributed by atoms with Crippen molar-refractivity contribution in [2.24, 2.45) is 0 Å². The van der Waals surface area contributed by atoms with Crippen molar-refractivity contribution in [1.29, 1.82) is 0 Å². The van der Waals surface area contributed by atoms with Gasteiger partial charge in [0, 0.05) is 16.1 Å². The number of esters is 1. The van der Waals surface area contributed by atoms with Gasteiger partial charge in [-0.3, -0.25) is 9.59 Å². The van der Waals surface area contributed by atoms with Crippen LogP contribution in [-0.2, 0) is 9.53 Å². The molecule has 1 amide bonds. The van der Waals surface area contributed by atoms with E-state index >= 15 is 0 Å². The summed E-state index contributed by atoms with van der Waals surface area (Å²) in [5, 5.41) is 2.57. The molecule has 2 aromatic rings. The van der Waals surface area contributed by atoms with E-state index < -0.39 is 23.7 Å². The first-order valence-electron chi connectivity index (χ1n) is 7.94. The van der Waals surface area contributed by atoms with Gasteiger partial charge >= 0.3 is 5.97 Å². The fourth-order valence-corrected chi connectivity index (χ4v) is 2.61. The van der Waals surface area contributed by atoms with Gasteiger partial charge < -0.3 is 10.1 Å². The number of anilines is 1. The molecule has 0 spiro atoms. The van der Waals surface area contributed by atoms with E-state index in [9.17, 15) is 23.2 Å². The Hall–Kier alpha value is -2.74. The summed E-state index contributed by atoms with van der Waals surface area (Å²) in [4.78, 5) is 36.0. The van der Waals surface area contributed by atoms with E-state index in [-0.39, 0.29) is 11.3 Å². The molecule has 0 saturated carbocycles. The number of thioether (sulfide) groups is 1. The Morgan fingerprint density at radius 3 is 2.30 bits per heavy atom. The third-order valence-electron chi connectivity index (χ3n) is 3.50. The number of rotatable bonds is 7. The third kappa shape index (κ3) is 6.18. The predicted molar refractivity (Wildman–Crippen MR) is 98.3 cm³/mol. The zero-order chi connectivity index (χ0) is 20.0. The molecule has 0 heterocycles. The van der Waals surface area contributed by atoms with Crippen LogP contribution in [-0.4, -0.2) is 29.5 Å². The Morgan fingerprint density at radius 2 is 1.70 bits per heavy atom. The van der Waals surface area contributed by atoms with Crippen LogP contribution in [0.3, 0.4) is 0 Å². The molecule has 142 valence electrons. The van der Waals surface area contributed by atoms with Gasteiger partial charge in [-0.2, -0.15) is 8.78 Å². The Labute approximate surface area is 159 Å². The number of carbonyl (C=O) groups is 3. The van der Waals surface area contributed by atoms with Gasteiger partial charge in [-0.25, -0.2) is 4.79 Å². The van der Waals surface area contributed by atoms with Crippen LogP contribution in [0.5, 0.6) is 0 Å². The van der Waals surface area contributed by atoms with Crippen LogP contribution in [0.15, 0.2) is 53.4 Å². The number of halogens is 2. The number of alkyl halides is 2. The number of carbonyl (C=O) groups excluding carboxylic acids is 3. The van der Waals surface area contributed by atoms with Gasteiger partial charge in [0.2, 0.25) is 0 Å². The molecule has 1 unspecified atom stereocenters. The predicted octanol–water partition coefficient (Wildman–Crippen LogP) is 4.39. The van der Waals surface area contributed by atoms with Crippen molar-refractivity contribution in [2.45, 2.75) is 30.6 Å². The van der Waals surface area contributed by atoms with Crippen LogP contribution < -0.4 is 5.32 Å². The molecule has 1 atom stereocenters. The van der Waals surface area contributed by atoms with Gasteiger partial charge in [-0.15, -0.1) is 0 Å². The zero-order valence-corrected chi connectivity index (χ0v) is 15.4. The highest BCUT2D eigenvalue weighted by atomic mass is 32.2. The number of benzene rings is 2. The van der Waals surface area contributed by atoms with Gasteiger partial charge in [-0.05, 0) is 50.2 Å². The Balaban J connectivity index is 1.96. The summed E-state index contributed by atoms with van der Waals surface area (Å²) in [6.07, 6.45) is -1.09. The zero-order valence-electron chi connectivity index (χ0n) is 14.6. The Kier molecular flexibility index (Phi) is 7.06. The fraction of sp³-hybridized carbons (Fsp3) is 0.211. The van der Waals surface area contributed by atoms with E-state index in [4.69, 9.17) is 4.74 Å². The van der Waals surface area contributed by atoms with Gasteiger partial charge in [0.1, 0.15) is 0 Å². The minimum Gasteiger partial charge on any atom is -0.449 e. The van der Waals surface area contributed by atoms with E-state index in [2.05, 4.69) is 5.32 Å². The third-order valence-corrected chi connectivity index (χ3v) is 4.23. The van der Waals surface area contributed by atoms with E-state index in [1.165, 1.54) is 44.2 Å². The maximum Gasteiger partial charge on any atom is 0.338 e. The lowest BCUT2D eigenvalue weighted by Gasteiger charge is -2.14. The summed E-state index contributed by atoms with van der Waals surface area (Å²) in [6, 6.07) is 11.9. The molecule has 0 radical (unpaired) electrons. The van der Waals surface area contributed by atoms with Crippen molar-refractivity contribution < 1.29 is 27.9 Å². The quantitative estimate of drug-likeness (QED) is 0.429. The van der Waals surface area contributed by atoms with E-state index in [0.29, 0.717) is 27.9 Å². The maximum absolute atomic E-state index is 12.3. The first-order chi connectivity index (χ1) is 12.8. The minimum absolute atomic E-state index is 0.140. The lowest BCUT2D eigenvalue weighted by atomic mass is 10.1. The molecule has 5 nitrogen and oxygen atoms in total. The van der Waals surface area contributed by atoms with Gasteiger partial charge in [-0.1, -0.05) is 23.9 Å². The molecule has 1 N–H and O–H groups in total. The summed E-state index contributed by atoms with van der Waals surface area (Å²) >= 11 is 0.368. The lowest BCUT2D eigenvalue weighted by Crippen LogP contribution is -2.30. The topological polar surface area (TPSA) is 72.5 Å². The average molecular weight is 393 g/mol. The average Bonchev–Trinajstić information content (AvgIpc) is 2.61. The molecule has 0 aliphatic heterocycles. The van der Waals surface area contributed by atoms with E-state index in [1.54, 1.807) is 18.2 Å². The number of ether oxygens (including phenoxy) is 1. The molecule has 0 saturated heterocycles. The summed E-state index contributed by atoms with van der Waals surface area (Å²) in [7, 11) is 0. The Bertz CT molecular complexity index is 840. The molecular formula is C19H17F2NO4S. The summed E-state index contributed by atoms with van der Waals surface area (Å²) in [5.74, 6) is -4.00. The number of amides is 1. The summed E-state index contributed by atoms with van der Waals surface area (Å²) in [6.45, 7) is 2.82. The maximum atomic E-state index is 12.3. The van der Waals surface area contributed by atoms with Crippen molar-refractivity contribution in [1.82, 2.24) is 0 Å². The standard InChI is InChI=1S/C19H17F2NO4S/c1-11(23)14-4-3-5-15(10-14)22-17(24)12(2)26-18(25)13-6-8-16(9-7-13)27-19(20)21/h3-10,12,19H,1-2H3,(H,22,24). The van der Waals surface area contributed by atoms with Crippen LogP contribution in [0, 0.1) is 0 Å². The minimum atomic E-state index is -2.55. The first-order valence-corrected chi connectivity index (χ1v) is 8.82. The van der Waals surface area contributed by atoms with Crippen molar-refractivity contribution in [3.8, 4) is 0 Å². The largest absolute Gasteiger partial charge is 0.449 e. The van der Waals surface area contributed by atoms with Crippen molar-refractivity contribution in [2.75, 3.05) is 5.32 Å². The highest BCUT2D eigenvalue weighted by Gasteiger charge is 2.19. The number of nitrogens with one attached hydrogen (secondary N) is 1. The second-order valence-corrected chi connectivity index (χ2v) is 6.64. The second kappa shape index (κ2) is 9.27. The van der Waals surface area contributed by atoms with Crippen molar-refractivity contribution in [3.05, 3.63) is 59.7 Å². The lowest BCUT2D eigenvalue weighted by molar-refractivity contribution is -0.123. The van der Waals surface area contributed by atoms with Crippen LogP contribution in [0.1, 0.15) is 34.6 Å². The SMILES string of the molecule is CC(=O)c1cccc(NC(=O)C(C)OC(=O)c2ccc(SC(F)F)cc2)c1. The van der Waals surface area contributed by atoms with Crippen LogP contribution >= 0.6 is 11.8 Å². The van der Waals surface area contributed by atoms with Crippen LogP contribution in [0.25, 0.3) is 0 Å². The summed E-state index contributed by atoms with van der Waals surface area (Å²) in [5.41, 5.74) is 0.995. The fourth-order valence-electron chi connectivity index (χ4n) is 2.11. The highest BCUT2D eigenvalue weighted by molar-refractivity contribution is 7.99. The van der Waals surface area contributed by atoms with Gasteiger partial charge in [0.15, 0.2) is 11.9 Å².